The molecule has 270 valence electrons. The molecule has 0 amide bonds. The van der Waals surface area contributed by atoms with Crippen molar-refractivity contribution in [1.29, 1.82) is 0 Å². The Hall–Kier alpha value is -2.14. The van der Waals surface area contributed by atoms with Crippen molar-refractivity contribution in [3.05, 3.63) is 48.6 Å². The Labute approximate surface area is 290 Å². The molecule has 1 rings (SSSR count). The van der Waals surface area contributed by atoms with Gasteiger partial charge in [-0.2, -0.15) is 0 Å². The minimum Gasteiger partial charge on any atom is -0.458 e. The summed E-state index contributed by atoms with van der Waals surface area (Å²) in [4.78, 5) is 27.4. The zero-order valence-electron chi connectivity index (χ0n) is 30.9. The van der Waals surface area contributed by atoms with Crippen LogP contribution in [0.3, 0.4) is 0 Å². The fourth-order valence-corrected chi connectivity index (χ4v) is 5.91. The van der Waals surface area contributed by atoms with Crippen molar-refractivity contribution in [2.45, 2.75) is 187 Å². The van der Waals surface area contributed by atoms with E-state index in [1.165, 1.54) is 77.0 Å². The maximum atomic E-state index is 12.6. The van der Waals surface area contributed by atoms with Gasteiger partial charge in [0.15, 0.2) is 6.10 Å². The van der Waals surface area contributed by atoms with Crippen molar-refractivity contribution in [3.8, 4) is 0 Å². The van der Waals surface area contributed by atoms with Gasteiger partial charge in [0.25, 0.3) is 0 Å². The van der Waals surface area contributed by atoms with E-state index in [-0.39, 0.29) is 24.1 Å². The number of unbranched alkanes of at least 4 members (excludes halogenated alkanes) is 16. The summed E-state index contributed by atoms with van der Waals surface area (Å²) in [5.41, 5.74) is 0. The van der Waals surface area contributed by atoms with E-state index in [1.54, 1.807) is 0 Å². The molecule has 0 aromatic rings. The van der Waals surface area contributed by atoms with Gasteiger partial charge in [-0.05, 0) is 84.1 Å². The monoisotopic (exact) mass is 656 g/mol. The van der Waals surface area contributed by atoms with Crippen molar-refractivity contribution in [1.82, 2.24) is 4.90 Å². The quantitative estimate of drug-likeness (QED) is 0.0438. The Kier molecular flexibility index (Phi) is 29.6. The molecule has 0 saturated carbocycles. The molecule has 1 aliphatic heterocycles. The second kappa shape index (κ2) is 32.4. The summed E-state index contributed by atoms with van der Waals surface area (Å²) >= 11 is 0. The van der Waals surface area contributed by atoms with Gasteiger partial charge in [0, 0.05) is 32.4 Å². The average molecular weight is 656 g/mol. The summed E-state index contributed by atoms with van der Waals surface area (Å²) in [6.07, 6.45) is 44.8. The van der Waals surface area contributed by atoms with Crippen LogP contribution in [0.25, 0.3) is 0 Å². The number of rotatable bonds is 30. The van der Waals surface area contributed by atoms with Crippen LogP contribution in [0.4, 0.5) is 0 Å². The van der Waals surface area contributed by atoms with Crippen LogP contribution in [0, 0.1) is 0 Å². The number of allylic oxidation sites excluding steroid dienone is 8. The van der Waals surface area contributed by atoms with E-state index >= 15 is 0 Å². The molecule has 0 N–H and O–H groups in total. The van der Waals surface area contributed by atoms with Crippen LogP contribution in [-0.2, 0) is 19.1 Å². The molecule has 0 bridgehead atoms. The maximum absolute atomic E-state index is 12.6. The number of carbonyl (C=O) groups is 2. The highest BCUT2D eigenvalue weighted by Crippen LogP contribution is 2.19. The van der Waals surface area contributed by atoms with Crippen molar-refractivity contribution < 1.29 is 19.1 Å². The van der Waals surface area contributed by atoms with Crippen molar-refractivity contribution in [2.24, 2.45) is 0 Å². The summed E-state index contributed by atoms with van der Waals surface area (Å²) in [6.45, 7) is 5.96. The lowest BCUT2D eigenvalue weighted by molar-refractivity contribution is -0.174. The molecule has 0 aromatic heterocycles. The van der Waals surface area contributed by atoms with Crippen molar-refractivity contribution in [2.75, 3.05) is 20.1 Å². The van der Waals surface area contributed by atoms with Gasteiger partial charge >= 0.3 is 11.9 Å². The number of esters is 2. The predicted molar refractivity (Wildman–Crippen MR) is 201 cm³/mol. The summed E-state index contributed by atoms with van der Waals surface area (Å²) < 4.78 is 11.7. The summed E-state index contributed by atoms with van der Waals surface area (Å²) in [7, 11) is 2.03. The smallest absolute Gasteiger partial charge is 0.306 e. The molecule has 0 aromatic carbocycles. The van der Waals surface area contributed by atoms with Crippen LogP contribution in [0.5, 0.6) is 0 Å². The number of hydrogen-bond donors (Lipinski definition) is 0. The number of carbonyl (C=O) groups excluding carboxylic acids is 2. The maximum Gasteiger partial charge on any atom is 0.306 e. The number of likely N-dealkylation sites (tertiary alicyclic amines) is 1. The summed E-state index contributed by atoms with van der Waals surface area (Å²) in [5, 5.41) is 0. The third-order valence-corrected chi connectivity index (χ3v) is 8.93. The van der Waals surface area contributed by atoms with Crippen LogP contribution in [0.2, 0.25) is 0 Å². The molecular formula is C42H73NO4. The number of piperidine rings is 1. The fraction of sp³-hybridized carbons (Fsp3) is 0.762. The number of likely N-dealkylation sites (N-methyl/N-ethyl adjacent to an activating group) is 1. The van der Waals surface area contributed by atoms with E-state index in [1.807, 2.05) is 7.05 Å². The average Bonchev–Trinajstić information content (AvgIpc) is 3.06. The Bertz CT molecular complexity index is 861. The topological polar surface area (TPSA) is 55.8 Å². The van der Waals surface area contributed by atoms with Gasteiger partial charge < -0.3 is 14.4 Å². The molecule has 5 nitrogen and oxygen atoms in total. The van der Waals surface area contributed by atoms with E-state index in [4.69, 9.17) is 9.47 Å². The molecule has 5 heteroatoms. The first-order chi connectivity index (χ1) is 23.1. The van der Waals surface area contributed by atoms with E-state index in [0.29, 0.717) is 25.8 Å². The second-order valence-corrected chi connectivity index (χ2v) is 13.6. The number of nitrogens with zero attached hydrogens (tertiary/aromatic N) is 1. The number of ether oxygens (including phenoxy) is 2. The van der Waals surface area contributed by atoms with Gasteiger partial charge in [0.2, 0.25) is 0 Å². The van der Waals surface area contributed by atoms with Gasteiger partial charge in [-0.25, -0.2) is 0 Å². The van der Waals surface area contributed by atoms with E-state index < -0.39 is 0 Å². The lowest BCUT2D eigenvalue weighted by Gasteiger charge is -2.35. The van der Waals surface area contributed by atoms with E-state index in [0.717, 1.165) is 70.8 Å². The zero-order chi connectivity index (χ0) is 34.0. The van der Waals surface area contributed by atoms with Crippen molar-refractivity contribution in [3.63, 3.8) is 0 Å². The minimum atomic E-state index is -0.368. The van der Waals surface area contributed by atoms with Crippen LogP contribution >= 0.6 is 0 Å². The molecule has 1 heterocycles. The molecule has 0 spiro atoms. The highest BCUT2D eigenvalue weighted by atomic mass is 16.6. The highest BCUT2D eigenvalue weighted by molar-refractivity contribution is 5.70. The van der Waals surface area contributed by atoms with Gasteiger partial charge in [0.1, 0.15) is 6.10 Å². The molecule has 1 fully saturated rings. The predicted octanol–water partition coefficient (Wildman–Crippen LogP) is 11.8. The Morgan fingerprint density at radius 3 is 1.36 bits per heavy atom. The Balaban J connectivity index is 2.09. The fourth-order valence-electron chi connectivity index (χ4n) is 5.91. The second-order valence-electron chi connectivity index (χ2n) is 13.6. The minimum absolute atomic E-state index is 0.153. The molecule has 0 radical (unpaired) electrons. The van der Waals surface area contributed by atoms with Crippen LogP contribution in [-0.4, -0.2) is 49.2 Å². The normalized spacial score (nSPS) is 17.5. The van der Waals surface area contributed by atoms with Gasteiger partial charge in [-0.1, -0.05) is 127 Å². The Morgan fingerprint density at radius 1 is 0.532 bits per heavy atom. The third kappa shape index (κ3) is 27.5. The largest absolute Gasteiger partial charge is 0.458 e. The first-order valence-corrected chi connectivity index (χ1v) is 19.7. The standard InChI is InChI=1S/C42H73NO4/c1-4-6-8-10-12-14-16-18-20-22-24-26-28-30-32-34-41(44)46-39-36-37-43(3)38-40(39)47-42(45)35-33-31-29-27-25-23-21-19-17-15-13-11-9-7-5-2/h12-15,18-21,39-40H,4-11,16-17,22-38H2,1-3H3/t39-,40-/m0/s1. The molecule has 0 aliphatic carbocycles. The molecule has 2 atom stereocenters. The zero-order valence-corrected chi connectivity index (χ0v) is 30.9. The van der Waals surface area contributed by atoms with Gasteiger partial charge in [-0.3, -0.25) is 9.59 Å². The molecule has 1 saturated heterocycles. The number of hydrogen-bond acceptors (Lipinski definition) is 5. The molecule has 47 heavy (non-hydrogen) atoms. The SMILES string of the molecule is CCCCCC=CCC=CCCCCCCCC(=O)O[C@H]1CCN(C)C[C@@H]1OC(=O)CCCCCCCC=CCC=CCCCCC. The van der Waals surface area contributed by atoms with Crippen LogP contribution in [0.1, 0.15) is 174 Å². The highest BCUT2D eigenvalue weighted by Gasteiger charge is 2.33. The lowest BCUT2D eigenvalue weighted by Crippen LogP contribution is -2.49. The van der Waals surface area contributed by atoms with Gasteiger partial charge in [0.05, 0.1) is 0 Å². The summed E-state index contributed by atoms with van der Waals surface area (Å²) in [6, 6.07) is 0. The first-order valence-electron chi connectivity index (χ1n) is 19.7. The van der Waals surface area contributed by atoms with E-state index in [2.05, 4.69) is 67.4 Å². The Morgan fingerprint density at radius 2 is 0.915 bits per heavy atom. The third-order valence-electron chi connectivity index (χ3n) is 8.93. The van der Waals surface area contributed by atoms with Crippen LogP contribution in [0.15, 0.2) is 48.6 Å². The first kappa shape index (κ1) is 42.9. The van der Waals surface area contributed by atoms with E-state index in [9.17, 15) is 9.59 Å². The van der Waals surface area contributed by atoms with Crippen LogP contribution < -0.4 is 0 Å². The van der Waals surface area contributed by atoms with Crippen molar-refractivity contribution >= 4 is 11.9 Å². The molecule has 0 unspecified atom stereocenters. The molecular weight excluding hydrogens is 582 g/mol. The lowest BCUT2D eigenvalue weighted by atomic mass is 10.0. The summed E-state index contributed by atoms with van der Waals surface area (Å²) in [5.74, 6) is -0.314. The van der Waals surface area contributed by atoms with Gasteiger partial charge in [-0.15, -0.1) is 0 Å². The molecule has 1 aliphatic rings.